The first-order valence-electron chi connectivity index (χ1n) is 8.81. The smallest absolute Gasteiger partial charge is 0.332 e. The number of carbonyl (C=O) groups is 1. The molecule has 1 N–H and O–H groups in total. The van der Waals surface area contributed by atoms with E-state index in [2.05, 4.69) is 10.5 Å². The highest BCUT2D eigenvalue weighted by molar-refractivity contribution is 7.53. The quantitative estimate of drug-likeness (QED) is 0.579. The Morgan fingerprint density at radius 2 is 1.89 bits per heavy atom. The summed E-state index contributed by atoms with van der Waals surface area (Å²) in [6.45, 7) is 4.24. The highest BCUT2D eigenvalue weighted by Gasteiger charge is 2.23. The number of hydrogen-bond donors (Lipinski definition) is 1. The molecule has 0 radical (unpaired) electrons. The van der Waals surface area contributed by atoms with Gasteiger partial charge >= 0.3 is 7.60 Å². The number of aromatic nitrogens is 1. The zero-order valence-electron chi connectivity index (χ0n) is 15.4. The van der Waals surface area contributed by atoms with E-state index in [9.17, 15) is 13.8 Å². The molecule has 0 aliphatic carbocycles. The fraction of sp³-hybridized carbons (Fsp3) is 0.444. The third-order valence-corrected chi connectivity index (χ3v) is 5.81. The van der Waals surface area contributed by atoms with Crippen molar-refractivity contribution in [2.45, 2.75) is 26.7 Å². The number of carbonyl (C=O) groups excluding carboxylic acids is 1. The van der Waals surface area contributed by atoms with E-state index in [0.717, 1.165) is 5.56 Å². The highest BCUT2D eigenvalue weighted by atomic mass is 31.2. The Morgan fingerprint density at radius 3 is 2.52 bits per heavy atom. The Kier molecular flexibility index (Phi) is 8.16. The Labute approximate surface area is 157 Å². The van der Waals surface area contributed by atoms with E-state index < -0.39 is 7.60 Å². The molecule has 9 heteroatoms. The van der Waals surface area contributed by atoms with Crippen molar-refractivity contribution in [3.63, 3.8) is 0 Å². The summed E-state index contributed by atoms with van der Waals surface area (Å²) in [7, 11) is -3.17. The largest absolute Gasteiger partial charge is 0.356 e. The molecule has 0 fully saturated rings. The van der Waals surface area contributed by atoms with Crippen LogP contribution in [0.2, 0.25) is 0 Å². The van der Waals surface area contributed by atoms with Gasteiger partial charge in [0, 0.05) is 24.1 Å². The van der Waals surface area contributed by atoms with Crippen LogP contribution in [0.1, 0.15) is 25.8 Å². The average molecular weight is 398 g/mol. The lowest BCUT2D eigenvalue weighted by atomic mass is 10.1. The first kappa shape index (κ1) is 21.3. The minimum absolute atomic E-state index is 0.120. The number of benzene rings is 1. The Bertz CT molecular complexity index is 768. The van der Waals surface area contributed by atoms with Gasteiger partial charge in [0.2, 0.25) is 5.91 Å². The second-order valence-electron chi connectivity index (χ2n) is 5.71. The van der Waals surface area contributed by atoms with Gasteiger partial charge in [0.1, 0.15) is 5.82 Å². The van der Waals surface area contributed by atoms with Gasteiger partial charge in [-0.25, -0.2) is 4.39 Å². The Balaban J connectivity index is 1.83. The summed E-state index contributed by atoms with van der Waals surface area (Å²) >= 11 is 0. The van der Waals surface area contributed by atoms with Crippen molar-refractivity contribution in [2.75, 3.05) is 25.9 Å². The molecule has 0 saturated carbocycles. The predicted octanol–water partition coefficient (Wildman–Crippen LogP) is 3.80. The Hall–Kier alpha value is -2.02. The van der Waals surface area contributed by atoms with Crippen molar-refractivity contribution >= 4 is 13.5 Å². The van der Waals surface area contributed by atoms with Gasteiger partial charge in [0.05, 0.1) is 25.6 Å². The highest BCUT2D eigenvalue weighted by Crippen LogP contribution is 2.47. The minimum Gasteiger partial charge on any atom is -0.356 e. The number of hydrogen-bond acceptors (Lipinski definition) is 6. The summed E-state index contributed by atoms with van der Waals surface area (Å²) in [5, 5.41) is 6.48. The van der Waals surface area contributed by atoms with Crippen LogP contribution in [0.3, 0.4) is 0 Å². The van der Waals surface area contributed by atoms with Crippen molar-refractivity contribution < 1.29 is 27.3 Å². The number of rotatable bonds is 11. The van der Waals surface area contributed by atoms with Crippen molar-refractivity contribution in [3.8, 4) is 11.3 Å². The van der Waals surface area contributed by atoms with Crippen LogP contribution >= 0.6 is 7.60 Å². The molecule has 0 aliphatic heterocycles. The van der Waals surface area contributed by atoms with Crippen LogP contribution in [-0.2, 0) is 24.8 Å². The number of aryl methyl sites for hydroxylation is 1. The lowest BCUT2D eigenvalue weighted by Gasteiger charge is -2.17. The Morgan fingerprint density at radius 1 is 1.22 bits per heavy atom. The summed E-state index contributed by atoms with van der Waals surface area (Å²) in [4.78, 5) is 12.0. The molecule has 2 aromatic rings. The molecular weight excluding hydrogens is 374 g/mol. The SMILES string of the molecule is CCOP(=O)(CCNC(=O)CCc1cnoc1-c1ccc(F)cc1)OCC. The lowest BCUT2D eigenvalue weighted by Crippen LogP contribution is -2.27. The predicted molar refractivity (Wildman–Crippen MR) is 99.0 cm³/mol. The second kappa shape index (κ2) is 10.3. The fourth-order valence-corrected chi connectivity index (χ4v) is 4.01. The molecule has 2 rings (SSSR count). The molecule has 148 valence electrons. The van der Waals surface area contributed by atoms with Gasteiger partial charge in [-0.2, -0.15) is 0 Å². The number of halogens is 1. The maximum absolute atomic E-state index is 13.0. The van der Waals surface area contributed by atoms with Crippen molar-refractivity contribution in [2.24, 2.45) is 0 Å². The summed E-state index contributed by atoms with van der Waals surface area (Å²) in [6, 6.07) is 5.86. The maximum atomic E-state index is 13.0. The fourth-order valence-electron chi connectivity index (χ4n) is 2.51. The first-order chi connectivity index (χ1) is 13.0. The zero-order valence-corrected chi connectivity index (χ0v) is 16.3. The average Bonchev–Trinajstić information content (AvgIpc) is 3.09. The maximum Gasteiger partial charge on any atom is 0.332 e. The van der Waals surface area contributed by atoms with Crippen LogP contribution in [-0.4, -0.2) is 37.0 Å². The second-order valence-corrected chi connectivity index (χ2v) is 7.89. The van der Waals surface area contributed by atoms with Crippen molar-refractivity contribution in [1.82, 2.24) is 10.5 Å². The van der Waals surface area contributed by atoms with Gasteiger partial charge in [-0.1, -0.05) is 5.16 Å². The summed E-state index contributed by atoms with van der Waals surface area (Å²) in [5.41, 5.74) is 1.45. The van der Waals surface area contributed by atoms with E-state index in [0.29, 0.717) is 17.7 Å². The van der Waals surface area contributed by atoms with E-state index in [1.807, 2.05) is 0 Å². The van der Waals surface area contributed by atoms with E-state index in [1.54, 1.807) is 32.2 Å². The molecule has 27 heavy (non-hydrogen) atoms. The zero-order chi connectivity index (χ0) is 19.7. The lowest BCUT2D eigenvalue weighted by molar-refractivity contribution is -0.120. The van der Waals surface area contributed by atoms with Crippen LogP contribution in [0.15, 0.2) is 35.0 Å². The van der Waals surface area contributed by atoms with Crippen LogP contribution in [0.4, 0.5) is 4.39 Å². The van der Waals surface area contributed by atoms with Gasteiger partial charge in [0.25, 0.3) is 0 Å². The van der Waals surface area contributed by atoms with Gasteiger partial charge in [-0.3, -0.25) is 9.36 Å². The minimum atomic E-state index is -3.17. The third-order valence-electron chi connectivity index (χ3n) is 3.73. The van der Waals surface area contributed by atoms with Crippen LogP contribution < -0.4 is 5.32 Å². The molecule has 0 spiro atoms. The monoisotopic (exact) mass is 398 g/mol. The van der Waals surface area contributed by atoms with E-state index in [4.69, 9.17) is 13.6 Å². The number of amides is 1. The van der Waals surface area contributed by atoms with Gasteiger partial charge in [0.15, 0.2) is 5.76 Å². The third kappa shape index (κ3) is 6.57. The normalized spacial score (nSPS) is 11.5. The van der Waals surface area contributed by atoms with E-state index in [1.165, 1.54) is 12.1 Å². The summed E-state index contributed by atoms with van der Waals surface area (Å²) < 4.78 is 41.0. The van der Waals surface area contributed by atoms with Crippen molar-refractivity contribution in [3.05, 3.63) is 41.8 Å². The first-order valence-corrected chi connectivity index (χ1v) is 10.5. The molecule has 0 unspecified atom stereocenters. The van der Waals surface area contributed by atoms with Gasteiger partial charge in [-0.05, 0) is 44.5 Å². The topological polar surface area (TPSA) is 90.7 Å². The van der Waals surface area contributed by atoms with Crippen molar-refractivity contribution in [1.29, 1.82) is 0 Å². The number of nitrogens with zero attached hydrogens (tertiary/aromatic N) is 1. The molecule has 1 aromatic heterocycles. The van der Waals surface area contributed by atoms with E-state index in [-0.39, 0.29) is 44.1 Å². The number of nitrogens with one attached hydrogen (secondary N) is 1. The van der Waals surface area contributed by atoms with Crippen LogP contribution in [0.25, 0.3) is 11.3 Å². The summed E-state index contributed by atoms with van der Waals surface area (Å²) in [6.07, 6.45) is 2.29. The molecular formula is C18H24FN2O5P. The van der Waals surface area contributed by atoms with E-state index >= 15 is 0 Å². The van der Waals surface area contributed by atoms with Crippen LogP contribution in [0, 0.1) is 5.82 Å². The molecule has 1 amide bonds. The standard InChI is InChI=1S/C18H24FN2O5P/c1-3-24-27(23,25-4-2)12-11-20-17(22)10-7-15-13-21-26-18(15)14-5-8-16(19)9-6-14/h5-6,8-9,13H,3-4,7,10-12H2,1-2H3,(H,20,22). The molecule has 0 saturated heterocycles. The molecule has 0 bridgehead atoms. The molecule has 7 nitrogen and oxygen atoms in total. The van der Waals surface area contributed by atoms with Crippen LogP contribution in [0.5, 0.6) is 0 Å². The molecule has 0 aliphatic rings. The van der Waals surface area contributed by atoms with Gasteiger partial charge < -0.3 is 18.9 Å². The molecule has 1 heterocycles. The summed E-state index contributed by atoms with van der Waals surface area (Å²) in [5.74, 6) is -0.0172. The van der Waals surface area contributed by atoms with Gasteiger partial charge in [-0.15, -0.1) is 0 Å². The molecule has 0 atom stereocenters. The molecule has 1 aromatic carbocycles.